The van der Waals surface area contributed by atoms with E-state index in [1.807, 2.05) is 13.8 Å². The highest BCUT2D eigenvalue weighted by atomic mass is 32.7. The quantitative estimate of drug-likeness (QED) is 0.562. The Hall–Kier alpha value is 0.230. The molecule has 0 aliphatic carbocycles. The molecule has 0 heterocycles. The van der Waals surface area contributed by atoms with Crippen molar-refractivity contribution in [1.29, 1.82) is 0 Å². The Morgan fingerprint density at radius 3 is 2.64 bits per heavy atom. The molecule has 0 radical (unpaired) electrons. The van der Waals surface area contributed by atoms with Gasteiger partial charge in [-0.15, -0.1) is 0 Å². The SMILES string of the molecule is CCOP(=O)(NC(N)=S)SCC(C)C. The van der Waals surface area contributed by atoms with E-state index in [0.29, 0.717) is 12.5 Å². The highest BCUT2D eigenvalue weighted by Crippen LogP contribution is 2.56. The van der Waals surface area contributed by atoms with Crippen LogP contribution in [0.5, 0.6) is 0 Å². The average molecular weight is 256 g/mol. The maximum Gasteiger partial charge on any atom is 0.352 e. The highest BCUT2D eigenvalue weighted by Gasteiger charge is 2.24. The minimum atomic E-state index is -2.93. The van der Waals surface area contributed by atoms with Crippen LogP contribution in [0.2, 0.25) is 0 Å². The standard InChI is InChI=1S/C7H17N2O2PS2/c1-4-11-12(10,9-7(8)13)14-5-6(2)3/h6H,4-5H2,1-3H3,(H3,8,9,10,13). The summed E-state index contributed by atoms with van der Waals surface area (Å²) in [5, 5.41) is 2.53. The van der Waals surface area contributed by atoms with Crippen LogP contribution in [0.25, 0.3) is 0 Å². The molecule has 14 heavy (non-hydrogen) atoms. The second kappa shape index (κ2) is 6.67. The molecule has 0 spiro atoms. The summed E-state index contributed by atoms with van der Waals surface area (Å²) < 4.78 is 17.1. The van der Waals surface area contributed by atoms with E-state index < -0.39 is 6.72 Å². The fraction of sp³-hybridized carbons (Fsp3) is 0.857. The Morgan fingerprint density at radius 2 is 2.29 bits per heavy atom. The first-order chi connectivity index (χ1) is 6.39. The third-order valence-corrected chi connectivity index (χ3v) is 5.70. The van der Waals surface area contributed by atoms with Crippen LogP contribution in [0, 0.1) is 5.92 Å². The van der Waals surface area contributed by atoms with E-state index in [1.54, 1.807) is 6.92 Å². The van der Waals surface area contributed by atoms with Gasteiger partial charge in [0.1, 0.15) is 0 Å². The van der Waals surface area contributed by atoms with Gasteiger partial charge in [-0.1, -0.05) is 13.8 Å². The van der Waals surface area contributed by atoms with Crippen LogP contribution in [0.4, 0.5) is 0 Å². The van der Waals surface area contributed by atoms with Gasteiger partial charge in [-0.25, -0.2) is 0 Å². The zero-order valence-electron chi connectivity index (χ0n) is 8.65. The first-order valence-electron chi connectivity index (χ1n) is 4.36. The lowest BCUT2D eigenvalue weighted by atomic mass is 10.3. The number of nitrogens with one attached hydrogen (secondary N) is 1. The van der Waals surface area contributed by atoms with Crippen LogP contribution in [0.1, 0.15) is 20.8 Å². The summed E-state index contributed by atoms with van der Waals surface area (Å²) in [6, 6.07) is 0. The van der Waals surface area contributed by atoms with E-state index in [9.17, 15) is 4.57 Å². The van der Waals surface area contributed by atoms with Crippen molar-refractivity contribution in [1.82, 2.24) is 5.09 Å². The summed E-state index contributed by atoms with van der Waals surface area (Å²) in [7, 11) is 0. The molecule has 0 aliphatic heterocycles. The molecule has 0 saturated heterocycles. The van der Waals surface area contributed by atoms with E-state index in [0.717, 1.165) is 5.75 Å². The molecule has 4 nitrogen and oxygen atoms in total. The minimum Gasteiger partial charge on any atom is -0.376 e. The maximum atomic E-state index is 12.0. The summed E-state index contributed by atoms with van der Waals surface area (Å²) in [4.78, 5) is 0. The number of hydrogen-bond acceptors (Lipinski definition) is 4. The van der Waals surface area contributed by atoms with E-state index in [-0.39, 0.29) is 5.11 Å². The van der Waals surface area contributed by atoms with Crippen molar-refractivity contribution >= 4 is 35.4 Å². The Balaban J connectivity index is 4.24. The summed E-state index contributed by atoms with van der Waals surface area (Å²) in [5.41, 5.74) is 5.27. The molecule has 1 unspecified atom stereocenters. The van der Waals surface area contributed by atoms with Crippen molar-refractivity contribution in [3.05, 3.63) is 0 Å². The average Bonchev–Trinajstić information content (AvgIpc) is 2.00. The van der Waals surface area contributed by atoms with Gasteiger partial charge in [0.2, 0.25) is 0 Å². The second-order valence-corrected chi connectivity index (χ2v) is 7.81. The zero-order chi connectivity index (χ0) is 11.2. The van der Waals surface area contributed by atoms with E-state index in [2.05, 4.69) is 17.3 Å². The number of rotatable bonds is 6. The summed E-state index contributed by atoms with van der Waals surface area (Å²) in [6.07, 6.45) is 0. The number of hydrogen-bond donors (Lipinski definition) is 2. The second-order valence-electron chi connectivity index (χ2n) is 3.08. The monoisotopic (exact) mass is 256 g/mol. The Morgan fingerprint density at radius 1 is 1.71 bits per heavy atom. The third-order valence-electron chi connectivity index (χ3n) is 1.12. The van der Waals surface area contributed by atoms with Crippen molar-refractivity contribution in [3.8, 4) is 0 Å². The molecule has 1 atom stereocenters. The van der Waals surface area contributed by atoms with Crippen molar-refractivity contribution in [2.45, 2.75) is 20.8 Å². The van der Waals surface area contributed by atoms with Crippen LogP contribution in [0.15, 0.2) is 0 Å². The van der Waals surface area contributed by atoms with Crippen molar-refractivity contribution in [3.63, 3.8) is 0 Å². The molecule has 0 aromatic heterocycles. The van der Waals surface area contributed by atoms with Gasteiger partial charge in [0.25, 0.3) is 0 Å². The first kappa shape index (κ1) is 14.2. The maximum absolute atomic E-state index is 12.0. The number of thiocarbonyl (C=S) groups is 1. The van der Waals surface area contributed by atoms with Gasteiger partial charge >= 0.3 is 6.72 Å². The van der Waals surface area contributed by atoms with Crippen molar-refractivity contribution in [2.24, 2.45) is 11.7 Å². The topological polar surface area (TPSA) is 64.3 Å². The normalized spacial score (nSPS) is 15.1. The van der Waals surface area contributed by atoms with Gasteiger partial charge < -0.3 is 10.3 Å². The molecule has 84 valence electrons. The summed E-state index contributed by atoms with van der Waals surface area (Å²) in [5.74, 6) is 1.19. The molecule has 0 aromatic carbocycles. The molecule has 3 N–H and O–H groups in total. The fourth-order valence-corrected chi connectivity index (χ4v) is 5.01. The Kier molecular flexibility index (Phi) is 6.78. The van der Waals surface area contributed by atoms with Gasteiger partial charge in [0, 0.05) is 5.75 Å². The molecule has 7 heteroatoms. The fourth-order valence-electron chi connectivity index (χ4n) is 0.654. The van der Waals surface area contributed by atoms with E-state index >= 15 is 0 Å². The van der Waals surface area contributed by atoms with Crippen LogP contribution >= 0.6 is 30.3 Å². The Bertz CT molecular complexity index is 236. The van der Waals surface area contributed by atoms with Crippen LogP contribution < -0.4 is 10.8 Å². The van der Waals surface area contributed by atoms with Gasteiger partial charge in [-0.3, -0.25) is 9.65 Å². The van der Waals surface area contributed by atoms with Crippen LogP contribution in [0.3, 0.4) is 0 Å². The van der Waals surface area contributed by atoms with E-state index in [1.165, 1.54) is 11.4 Å². The van der Waals surface area contributed by atoms with Crippen LogP contribution in [-0.4, -0.2) is 17.5 Å². The molecule has 0 bridgehead atoms. The van der Waals surface area contributed by atoms with Gasteiger partial charge in [0.15, 0.2) is 5.11 Å². The Labute approximate surface area is 94.6 Å². The predicted octanol–water partition coefficient (Wildman–Crippen LogP) is 2.35. The minimum absolute atomic E-state index is 0.0121. The van der Waals surface area contributed by atoms with Gasteiger partial charge in [-0.05, 0) is 36.4 Å². The van der Waals surface area contributed by atoms with E-state index in [4.69, 9.17) is 10.3 Å². The van der Waals surface area contributed by atoms with Crippen molar-refractivity contribution in [2.75, 3.05) is 12.4 Å². The van der Waals surface area contributed by atoms with Crippen molar-refractivity contribution < 1.29 is 9.09 Å². The molecule has 0 saturated carbocycles. The smallest absolute Gasteiger partial charge is 0.352 e. The van der Waals surface area contributed by atoms with Gasteiger partial charge in [-0.2, -0.15) is 0 Å². The molecule has 0 amide bonds. The molecule has 0 aliphatic rings. The largest absolute Gasteiger partial charge is 0.376 e. The van der Waals surface area contributed by atoms with Crippen LogP contribution in [-0.2, 0) is 9.09 Å². The molecular weight excluding hydrogens is 239 g/mol. The predicted molar refractivity (Wildman–Crippen MR) is 66.4 cm³/mol. The lowest BCUT2D eigenvalue weighted by Gasteiger charge is -2.18. The lowest BCUT2D eigenvalue weighted by molar-refractivity contribution is 0.343. The zero-order valence-corrected chi connectivity index (χ0v) is 11.2. The van der Waals surface area contributed by atoms with Gasteiger partial charge in [0.05, 0.1) is 6.61 Å². The summed E-state index contributed by atoms with van der Waals surface area (Å²) in [6.45, 7) is 3.32. The molecule has 0 rings (SSSR count). The highest BCUT2D eigenvalue weighted by molar-refractivity contribution is 8.56. The summed E-state index contributed by atoms with van der Waals surface area (Å²) >= 11 is 5.88. The molecule has 0 aromatic rings. The third kappa shape index (κ3) is 6.65. The molecular formula is C7H17N2O2PS2. The molecule has 0 fully saturated rings. The first-order valence-corrected chi connectivity index (χ1v) is 7.99. The number of nitrogens with two attached hydrogens (primary N) is 1. The lowest BCUT2D eigenvalue weighted by Crippen LogP contribution is -2.26.